The van der Waals surface area contributed by atoms with Crippen LogP contribution in [0.1, 0.15) is 18.4 Å². The van der Waals surface area contributed by atoms with Gasteiger partial charge in [-0.05, 0) is 52.4 Å². The Bertz CT molecular complexity index is 428. The van der Waals surface area contributed by atoms with Crippen molar-refractivity contribution in [3.63, 3.8) is 0 Å². The van der Waals surface area contributed by atoms with Gasteiger partial charge in [0.2, 0.25) is 0 Å². The molecule has 1 aromatic rings. The van der Waals surface area contributed by atoms with Crippen molar-refractivity contribution in [1.82, 2.24) is 10.2 Å². The number of nitrogens with one attached hydrogen (secondary N) is 1. The first-order chi connectivity index (χ1) is 9.31. The van der Waals surface area contributed by atoms with Crippen molar-refractivity contribution in [2.75, 3.05) is 32.8 Å². The average Bonchev–Trinajstić information content (AvgIpc) is 3.23. The van der Waals surface area contributed by atoms with Gasteiger partial charge in [0.1, 0.15) is 5.75 Å². The number of benzene rings is 1. The molecule has 2 aliphatic rings. The minimum absolute atomic E-state index is 0.799. The summed E-state index contributed by atoms with van der Waals surface area (Å²) in [5.74, 6) is 1.78. The molecule has 3 nitrogen and oxygen atoms in total. The van der Waals surface area contributed by atoms with Crippen LogP contribution in [0.2, 0.25) is 0 Å². The summed E-state index contributed by atoms with van der Waals surface area (Å²) >= 11 is 3.63. The lowest BCUT2D eigenvalue weighted by atomic mass is 10.2. The first kappa shape index (κ1) is 13.4. The number of nitrogens with zero attached hydrogens (tertiary/aromatic N) is 1. The molecule has 1 N–H and O–H groups in total. The molecule has 4 heteroatoms. The molecule has 0 unspecified atom stereocenters. The quantitative estimate of drug-likeness (QED) is 0.901. The van der Waals surface area contributed by atoms with E-state index in [4.69, 9.17) is 4.74 Å². The summed E-state index contributed by atoms with van der Waals surface area (Å²) in [5.41, 5.74) is 1.35. The molecular weight excluding hydrogens is 304 g/mol. The van der Waals surface area contributed by atoms with Crippen LogP contribution in [-0.2, 0) is 6.54 Å². The van der Waals surface area contributed by atoms with Gasteiger partial charge in [-0.3, -0.25) is 4.90 Å². The summed E-state index contributed by atoms with van der Waals surface area (Å²) < 4.78 is 6.92. The Labute approximate surface area is 123 Å². The van der Waals surface area contributed by atoms with Gasteiger partial charge in [-0.25, -0.2) is 0 Å². The molecule has 0 bridgehead atoms. The maximum absolute atomic E-state index is 5.84. The third-order valence-corrected chi connectivity index (χ3v) is 4.40. The monoisotopic (exact) mass is 324 g/mol. The third kappa shape index (κ3) is 3.94. The predicted octanol–water partition coefficient (Wildman–Crippen LogP) is 2.64. The number of rotatable bonds is 5. The normalized spacial score (nSPS) is 20.5. The highest BCUT2D eigenvalue weighted by Gasteiger charge is 2.22. The van der Waals surface area contributed by atoms with E-state index in [0.717, 1.165) is 55.5 Å². The number of ether oxygens (including phenoxy) is 1. The predicted molar refractivity (Wildman–Crippen MR) is 80.5 cm³/mol. The smallest absolute Gasteiger partial charge is 0.133 e. The summed E-state index contributed by atoms with van der Waals surface area (Å²) in [4.78, 5) is 2.49. The molecule has 1 heterocycles. The van der Waals surface area contributed by atoms with Gasteiger partial charge in [0.15, 0.2) is 0 Å². The second-order valence-corrected chi connectivity index (χ2v) is 6.40. The van der Waals surface area contributed by atoms with E-state index >= 15 is 0 Å². The van der Waals surface area contributed by atoms with Crippen molar-refractivity contribution in [1.29, 1.82) is 0 Å². The van der Waals surface area contributed by atoms with E-state index in [1.807, 2.05) is 0 Å². The number of halogens is 1. The molecule has 104 valence electrons. The van der Waals surface area contributed by atoms with Gasteiger partial charge >= 0.3 is 0 Å². The maximum atomic E-state index is 5.84. The van der Waals surface area contributed by atoms with Gasteiger partial charge in [0.25, 0.3) is 0 Å². The molecular formula is C15H21BrN2O. The summed E-state index contributed by atoms with van der Waals surface area (Å²) in [6, 6.07) is 6.49. The van der Waals surface area contributed by atoms with Crippen molar-refractivity contribution in [3.05, 3.63) is 28.2 Å². The van der Waals surface area contributed by atoms with E-state index in [2.05, 4.69) is 44.3 Å². The fourth-order valence-corrected chi connectivity index (χ4v) is 2.92. The van der Waals surface area contributed by atoms with E-state index in [1.165, 1.54) is 18.4 Å². The summed E-state index contributed by atoms with van der Waals surface area (Å²) in [6.07, 6.45) is 2.66. The Morgan fingerprint density at radius 2 is 2.05 bits per heavy atom. The number of hydrogen-bond acceptors (Lipinski definition) is 3. The van der Waals surface area contributed by atoms with Crippen LogP contribution in [-0.4, -0.2) is 37.7 Å². The van der Waals surface area contributed by atoms with Crippen LogP contribution in [0.3, 0.4) is 0 Å². The zero-order valence-corrected chi connectivity index (χ0v) is 12.8. The van der Waals surface area contributed by atoms with Gasteiger partial charge in [0.05, 0.1) is 11.1 Å². The van der Waals surface area contributed by atoms with Crippen molar-refractivity contribution in [2.45, 2.75) is 19.4 Å². The van der Waals surface area contributed by atoms with Crippen LogP contribution in [0, 0.1) is 5.92 Å². The molecule has 0 atom stereocenters. The Kier molecular flexibility index (Phi) is 4.41. The second kappa shape index (κ2) is 6.25. The molecule has 0 radical (unpaired) electrons. The van der Waals surface area contributed by atoms with Crippen LogP contribution < -0.4 is 10.1 Å². The third-order valence-electron chi connectivity index (χ3n) is 3.78. The van der Waals surface area contributed by atoms with Gasteiger partial charge < -0.3 is 10.1 Å². The van der Waals surface area contributed by atoms with Crippen molar-refractivity contribution >= 4 is 15.9 Å². The van der Waals surface area contributed by atoms with E-state index in [-0.39, 0.29) is 0 Å². The van der Waals surface area contributed by atoms with E-state index in [0.29, 0.717) is 0 Å². The van der Waals surface area contributed by atoms with Crippen LogP contribution in [0.5, 0.6) is 5.75 Å². The number of piperazine rings is 1. The zero-order chi connectivity index (χ0) is 13.1. The lowest BCUT2D eigenvalue weighted by molar-refractivity contribution is 0.233. The molecule has 3 rings (SSSR count). The van der Waals surface area contributed by atoms with Gasteiger partial charge in [-0.2, -0.15) is 0 Å². The lowest BCUT2D eigenvalue weighted by Gasteiger charge is -2.27. The Morgan fingerprint density at radius 1 is 1.26 bits per heavy atom. The Balaban J connectivity index is 1.57. The minimum atomic E-state index is 0.799. The summed E-state index contributed by atoms with van der Waals surface area (Å²) in [7, 11) is 0. The van der Waals surface area contributed by atoms with Crippen molar-refractivity contribution in [2.24, 2.45) is 5.92 Å². The largest absolute Gasteiger partial charge is 0.492 e. The molecule has 0 spiro atoms. The summed E-state index contributed by atoms with van der Waals surface area (Å²) in [6.45, 7) is 6.38. The molecule has 19 heavy (non-hydrogen) atoms. The van der Waals surface area contributed by atoms with Crippen molar-refractivity contribution < 1.29 is 4.74 Å². The first-order valence-corrected chi connectivity index (χ1v) is 7.95. The SMILES string of the molecule is Brc1cc(CN2CCNCC2)ccc1OCC1CC1. The van der Waals surface area contributed by atoms with Crippen molar-refractivity contribution in [3.8, 4) is 5.75 Å². The fourth-order valence-electron chi connectivity index (χ4n) is 2.38. The minimum Gasteiger partial charge on any atom is -0.492 e. The van der Waals surface area contributed by atoms with E-state index < -0.39 is 0 Å². The average molecular weight is 325 g/mol. The molecule has 1 aliphatic carbocycles. The maximum Gasteiger partial charge on any atom is 0.133 e. The standard InChI is InChI=1S/C15H21BrN2O/c16-14-9-13(10-18-7-5-17-6-8-18)3-4-15(14)19-11-12-1-2-12/h3-4,9,12,17H,1-2,5-8,10-11H2. The Morgan fingerprint density at radius 3 is 2.74 bits per heavy atom. The van der Waals surface area contributed by atoms with E-state index in [1.54, 1.807) is 0 Å². The molecule has 1 aliphatic heterocycles. The van der Waals surface area contributed by atoms with E-state index in [9.17, 15) is 0 Å². The fraction of sp³-hybridized carbons (Fsp3) is 0.600. The van der Waals surface area contributed by atoms with Crippen LogP contribution in [0.4, 0.5) is 0 Å². The highest BCUT2D eigenvalue weighted by Crippen LogP contribution is 2.32. The lowest BCUT2D eigenvalue weighted by Crippen LogP contribution is -2.42. The number of hydrogen-bond donors (Lipinski definition) is 1. The topological polar surface area (TPSA) is 24.5 Å². The Hall–Kier alpha value is -0.580. The second-order valence-electron chi connectivity index (χ2n) is 5.55. The first-order valence-electron chi connectivity index (χ1n) is 7.15. The molecule has 1 saturated heterocycles. The highest BCUT2D eigenvalue weighted by atomic mass is 79.9. The zero-order valence-electron chi connectivity index (χ0n) is 11.2. The van der Waals surface area contributed by atoms with Crippen LogP contribution in [0.25, 0.3) is 0 Å². The summed E-state index contributed by atoms with van der Waals surface area (Å²) in [5, 5.41) is 3.38. The van der Waals surface area contributed by atoms with Crippen LogP contribution >= 0.6 is 15.9 Å². The molecule has 0 amide bonds. The molecule has 1 aromatic carbocycles. The van der Waals surface area contributed by atoms with Gasteiger partial charge in [0, 0.05) is 32.7 Å². The van der Waals surface area contributed by atoms with Gasteiger partial charge in [-0.1, -0.05) is 6.07 Å². The molecule has 0 aromatic heterocycles. The van der Waals surface area contributed by atoms with Gasteiger partial charge in [-0.15, -0.1) is 0 Å². The molecule has 2 fully saturated rings. The molecule has 1 saturated carbocycles. The van der Waals surface area contributed by atoms with Crippen LogP contribution in [0.15, 0.2) is 22.7 Å². The highest BCUT2D eigenvalue weighted by molar-refractivity contribution is 9.10.